The van der Waals surface area contributed by atoms with Crippen molar-refractivity contribution in [1.29, 1.82) is 0 Å². The van der Waals surface area contributed by atoms with Gasteiger partial charge in [-0.3, -0.25) is 19.2 Å². The van der Waals surface area contributed by atoms with Crippen molar-refractivity contribution in [3.05, 3.63) is 69.8 Å². The van der Waals surface area contributed by atoms with Gasteiger partial charge >= 0.3 is 0 Å². The van der Waals surface area contributed by atoms with Crippen LogP contribution in [-0.4, -0.2) is 40.6 Å². The highest BCUT2D eigenvalue weighted by Crippen LogP contribution is 2.22. The predicted octanol–water partition coefficient (Wildman–Crippen LogP) is 2.60. The Morgan fingerprint density at radius 1 is 1.00 bits per heavy atom. The molecule has 0 saturated carbocycles. The number of benzene rings is 1. The lowest BCUT2D eigenvalue weighted by Gasteiger charge is -2.25. The lowest BCUT2D eigenvalue weighted by molar-refractivity contribution is -0.129. The summed E-state index contributed by atoms with van der Waals surface area (Å²) in [5, 5.41) is 14.5. The van der Waals surface area contributed by atoms with Gasteiger partial charge in [0.15, 0.2) is 0 Å². The number of aromatic nitrogens is 2. The molecule has 0 aliphatic carbocycles. The van der Waals surface area contributed by atoms with Gasteiger partial charge in [0.1, 0.15) is 11.2 Å². The van der Waals surface area contributed by atoms with Gasteiger partial charge in [0.2, 0.25) is 11.8 Å². The van der Waals surface area contributed by atoms with Crippen molar-refractivity contribution in [3.8, 4) is 10.6 Å². The lowest BCUT2D eigenvalue weighted by atomic mass is 10.0. The normalized spacial score (nSPS) is 11.0. The molecule has 0 aliphatic heterocycles. The van der Waals surface area contributed by atoms with Crippen LogP contribution in [0.1, 0.15) is 37.6 Å². The van der Waals surface area contributed by atoms with E-state index in [2.05, 4.69) is 21.0 Å². The Bertz CT molecular complexity index is 1220. The zero-order valence-electron chi connectivity index (χ0n) is 19.3. The summed E-state index contributed by atoms with van der Waals surface area (Å²) >= 11 is 1.49. The zero-order chi connectivity index (χ0) is 24.7. The molecule has 1 aromatic carbocycles. The highest BCUT2D eigenvalue weighted by molar-refractivity contribution is 7.13. The number of rotatable bonds is 9. The van der Waals surface area contributed by atoms with Crippen LogP contribution in [0.15, 0.2) is 58.7 Å². The molecular formula is C24H27N5O4S. The van der Waals surface area contributed by atoms with E-state index in [0.717, 1.165) is 4.88 Å². The van der Waals surface area contributed by atoms with E-state index < -0.39 is 11.4 Å². The monoisotopic (exact) mass is 481 g/mol. The van der Waals surface area contributed by atoms with Crippen LogP contribution >= 0.6 is 11.3 Å². The molecule has 0 aliphatic rings. The molecular weight excluding hydrogens is 454 g/mol. The lowest BCUT2D eigenvalue weighted by Crippen LogP contribution is -2.50. The Labute approximate surface area is 201 Å². The highest BCUT2D eigenvalue weighted by Gasteiger charge is 2.32. The SMILES string of the molecule is CCC(=O)Nc1ccc(C(=O)NCCNC(=O)C(C)(C)n2nc(-c3cccs3)ccc2=O)cc1. The Morgan fingerprint density at radius 2 is 1.71 bits per heavy atom. The number of amides is 3. The van der Waals surface area contributed by atoms with E-state index in [1.54, 1.807) is 51.1 Å². The first-order valence-electron chi connectivity index (χ1n) is 10.8. The third kappa shape index (κ3) is 5.96. The molecule has 3 amide bonds. The van der Waals surface area contributed by atoms with Gasteiger partial charge in [0, 0.05) is 36.8 Å². The Hall–Kier alpha value is -3.79. The first-order chi connectivity index (χ1) is 16.2. The van der Waals surface area contributed by atoms with Crippen LogP contribution in [0.3, 0.4) is 0 Å². The van der Waals surface area contributed by atoms with Crippen molar-refractivity contribution in [2.45, 2.75) is 32.7 Å². The number of carbonyl (C=O) groups excluding carboxylic acids is 3. The number of hydrogen-bond acceptors (Lipinski definition) is 6. The fourth-order valence-corrected chi connectivity index (χ4v) is 3.78. The second-order valence-corrected chi connectivity index (χ2v) is 8.94. The van der Waals surface area contributed by atoms with E-state index in [0.29, 0.717) is 23.4 Å². The van der Waals surface area contributed by atoms with Crippen molar-refractivity contribution < 1.29 is 14.4 Å². The van der Waals surface area contributed by atoms with Crippen molar-refractivity contribution in [2.24, 2.45) is 0 Å². The molecule has 0 spiro atoms. The van der Waals surface area contributed by atoms with E-state index in [9.17, 15) is 19.2 Å². The molecule has 3 rings (SSSR count). The van der Waals surface area contributed by atoms with Gasteiger partial charge in [-0.05, 0) is 55.6 Å². The average molecular weight is 482 g/mol. The summed E-state index contributed by atoms with van der Waals surface area (Å²) in [4.78, 5) is 49.9. The molecule has 2 heterocycles. The summed E-state index contributed by atoms with van der Waals surface area (Å²) in [6.07, 6.45) is 0.371. The van der Waals surface area contributed by atoms with Gasteiger partial charge in [-0.25, -0.2) is 4.68 Å². The zero-order valence-corrected chi connectivity index (χ0v) is 20.1. The minimum absolute atomic E-state index is 0.105. The molecule has 0 unspecified atom stereocenters. The number of hydrogen-bond donors (Lipinski definition) is 3. The van der Waals surface area contributed by atoms with Crippen molar-refractivity contribution in [3.63, 3.8) is 0 Å². The van der Waals surface area contributed by atoms with Crippen molar-refractivity contribution in [1.82, 2.24) is 20.4 Å². The van der Waals surface area contributed by atoms with E-state index in [4.69, 9.17) is 0 Å². The van der Waals surface area contributed by atoms with Crippen LogP contribution in [0.25, 0.3) is 10.6 Å². The largest absolute Gasteiger partial charge is 0.352 e. The molecule has 0 radical (unpaired) electrons. The molecule has 178 valence electrons. The van der Waals surface area contributed by atoms with Gasteiger partial charge in [0.25, 0.3) is 11.5 Å². The molecule has 3 aromatic rings. The Kier molecular flexibility index (Phi) is 7.95. The fraction of sp³-hybridized carbons (Fsp3) is 0.292. The van der Waals surface area contributed by atoms with Gasteiger partial charge in [-0.1, -0.05) is 13.0 Å². The number of thiophene rings is 1. The number of anilines is 1. The van der Waals surface area contributed by atoms with Crippen LogP contribution in [0.2, 0.25) is 0 Å². The quantitative estimate of drug-likeness (QED) is 0.406. The van der Waals surface area contributed by atoms with E-state index in [1.807, 2.05) is 17.5 Å². The van der Waals surface area contributed by atoms with Crippen LogP contribution in [0.4, 0.5) is 5.69 Å². The van der Waals surface area contributed by atoms with Crippen molar-refractivity contribution in [2.75, 3.05) is 18.4 Å². The summed E-state index contributed by atoms with van der Waals surface area (Å²) in [5.74, 6) is -0.800. The second kappa shape index (κ2) is 10.9. The van der Waals surface area contributed by atoms with Crippen LogP contribution in [0, 0.1) is 0 Å². The van der Waals surface area contributed by atoms with Crippen LogP contribution in [-0.2, 0) is 15.1 Å². The van der Waals surface area contributed by atoms with E-state index >= 15 is 0 Å². The molecule has 9 nitrogen and oxygen atoms in total. The van der Waals surface area contributed by atoms with Gasteiger partial charge < -0.3 is 16.0 Å². The van der Waals surface area contributed by atoms with E-state index in [-0.39, 0.29) is 30.5 Å². The molecule has 10 heteroatoms. The highest BCUT2D eigenvalue weighted by atomic mass is 32.1. The molecule has 2 aromatic heterocycles. The maximum atomic E-state index is 12.8. The molecule has 0 saturated heterocycles. The summed E-state index contributed by atoms with van der Waals surface area (Å²) in [6.45, 7) is 5.37. The third-order valence-corrected chi connectivity index (χ3v) is 6.00. The van der Waals surface area contributed by atoms with Crippen molar-refractivity contribution >= 4 is 34.7 Å². The van der Waals surface area contributed by atoms with Gasteiger partial charge in [-0.2, -0.15) is 5.10 Å². The number of carbonyl (C=O) groups is 3. The second-order valence-electron chi connectivity index (χ2n) is 8.00. The topological polar surface area (TPSA) is 122 Å². The minimum Gasteiger partial charge on any atom is -0.352 e. The van der Waals surface area contributed by atoms with Gasteiger partial charge in [0.05, 0.1) is 4.88 Å². The summed E-state index contributed by atoms with van der Waals surface area (Å²) < 4.78 is 1.18. The first-order valence-corrected chi connectivity index (χ1v) is 11.7. The summed E-state index contributed by atoms with van der Waals surface area (Å²) in [7, 11) is 0. The third-order valence-electron chi connectivity index (χ3n) is 5.11. The van der Waals surface area contributed by atoms with Gasteiger partial charge in [-0.15, -0.1) is 11.3 Å². The molecule has 3 N–H and O–H groups in total. The van der Waals surface area contributed by atoms with Crippen LogP contribution in [0.5, 0.6) is 0 Å². The smallest absolute Gasteiger partial charge is 0.267 e. The first kappa shape index (κ1) is 24.8. The number of nitrogens with one attached hydrogen (secondary N) is 3. The predicted molar refractivity (Wildman–Crippen MR) is 132 cm³/mol. The average Bonchev–Trinajstić information content (AvgIpc) is 3.37. The summed E-state index contributed by atoms with van der Waals surface area (Å²) in [5.41, 5.74) is 0.0511. The molecule has 0 atom stereocenters. The Morgan fingerprint density at radius 3 is 2.35 bits per heavy atom. The molecule has 34 heavy (non-hydrogen) atoms. The minimum atomic E-state index is -1.23. The molecule has 0 bridgehead atoms. The maximum Gasteiger partial charge on any atom is 0.267 e. The van der Waals surface area contributed by atoms with Crippen LogP contribution < -0.4 is 21.5 Å². The fourth-order valence-electron chi connectivity index (χ4n) is 3.09. The molecule has 0 fully saturated rings. The number of nitrogens with zero attached hydrogens (tertiary/aromatic N) is 2. The maximum absolute atomic E-state index is 12.8. The summed E-state index contributed by atoms with van der Waals surface area (Å²) in [6, 6.07) is 13.4. The van der Waals surface area contributed by atoms with E-state index in [1.165, 1.54) is 22.1 Å². The Balaban J connectivity index is 1.54. The standard InChI is InChI=1S/C24H27N5O4S/c1-4-20(30)27-17-9-7-16(8-10-17)22(32)25-13-14-26-23(33)24(2,3)29-21(31)12-11-18(28-29)19-6-5-15-34-19/h5-12,15H,4,13-14H2,1-3H3,(H,25,32)(H,26,33)(H,27,30).